The first-order chi connectivity index (χ1) is 17.1. The summed E-state index contributed by atoms with van der Waals surface area (Å²) in [7, 11) is -3.95. The van der Waals surface area contributed by atoms with Gasteiger partial charge in [0, 0.05) is 5.41 Å². The molecule has 2 aromatic carbocycles. The van der Waals surface area contributed by atoms with Crippen LogP contribution in [0, 0.1) is 24.2 Å². The lowest BCUT2D eigenvalue weighted by molar-refractivity contribution is -0.161. The molecule has 5 rings (SSSR count). The third kappa shape index (κ3) is 4.57. The first-order valence-corrected chi connectivity index (χ1v) is 14.2. The Morgan fingerprint density at radius 1 is 1.08 bits per heavy atom. The lowest BCUT2D eigenvalue weighted by Gasteiger charge is -2.50. The molecule has 3 aliphatic carbocycles. The smallest absolute Gasteiger partial charge is 0.344 e. The molecule has 36 heavy (non-hydrogen) atoms. The summed E-state index contributed by atoms with van der Waals surface area (Å²) in [6.07, 6.45) is 6.05. The average Bonchev–Trinajstić information content (AvgIpc) is 3.17. The summed E-state index contributed by atoms with van der Waals surface area (Å²) in [6.45, 7) is 3.89. The van der Waals surface area contributed by atoms with Gasteiger partial charge in [-0.1, -0.05) is 36.8 Å². The molecule has 192 valence electrons. The van der Waals surface area contributed by atoms with Gasteiger partial charge in [0.25, 0.3) is 0 Å². The molecule has 0 amide bonds. The number of primary sulfonamides is 1. The zero-order valence-corrected chi connectivity index (χ0v) is 21.6. The molecule has 0 aromatic heterocycles. The van der Waals surface area contributed by atoms with Gasteiger partial charge in [-0.25, -0.2) is 23.1 Å². The van der Waals surface area contributed by atoms with Gasteiger partial charge in [0.2, 0.25) is 10.0 Å². The standard InChI is InChI=1S/C28H33NO6S/c1-17-6-8-21-18(14-17)7-9-23-22(21)12-13-28(2)24(23)10-11-25(28)35-26(30)16-34-27(31)19-4-3-5-20(15-19)36(29,32)33/h3-6,8,14-15,22-25H,7,9-13,16H2,1-2H3,(H2,29,32,33)/t22?,23?,24?,25-,28-/m0/s1. The molecule has 0 spiro atoms. The number of rotatable bonds is 5. The number of carbonyl (C=O) groups is 2. The summed E-state index contributed by atoms with van der Waals surface area (Å²) in [5.41, 5.74) is 4.26. The van der Waals surface area contributed by atoms with Crippen LogP contribution in [0.4, 0.5) is 0 Å². The molecule has 2 fully saturated rings. The second-order valence-electron chi connectivity index (χ2n) is 10.9. The lowest BCUT2D eigenvalue weighted by atomic mass is 9.55. The maximum atomic E-state index is 12.6. The minimum Gasteiger partial charge on any atom is -0.459 e. The Morgan fingerprint density at radius 2 is 1.89 bits per heavy atom. The number of hydrogen-bond donors (Lipinski definition) is 1. The van der Waals surface area contributed by atoms with Gasteiger partial charge in [0.1, 0.15) is 6.10 Å². The maximum Gasteiger partial charge on any atom is 0.344 e. The monoisotopic (exact) mass is 511 g/mol. The summed E-state index contributed by atoms with van der Waals surface area (Å²) in [6, 6.07) is 12.1. The van der Waals surface area contributed by atoms with E-state index < -0.39 is 28.6 Å². The van der Waals surface area contributed by atoms with E-state index in [0.717, 1.165) is 38.2 Å². The summed E-state index contributed by atoms with van der Waals surface area (Å²) < 4.78 is 34.1. The molecule has 0 saturated heterocycles. The van der Waals surface area contributed by atoms with E-state index >= 15 is 0 Å². The van der Waals surface area contributed by atoms with E-state index in [-0.39, 0.29) is 22.0 Å². The number of sulfonamides is 1. The molecule has 2 N–H and O–H groups in total. The second kappa shape index (κ2) is 9.30. The third-order valence-electron chi connectivity index (χ3n) is 8.79. The van der Waals surface area contributed by atoms with E-state index in [9.17, 15) is 18.0 Å². The Morgan fingerprint density at radius 3 is 2.67 bits per heavy atom. The van der Waals surface area contributed by atoms with Crippen molar-refractivity contribution in [2.45, 2.75) is 69.3 Å². The van der Waals surface area contributed by atoms with Crippen LogP contribution in [0.25, 0.3) is 0 Å². The molecule has 0 heterocycles. The van der Waals surface area contributed by atoms with Crippen LogP contribution in [-0.4, -0.2) is 33.1 Å². The number of carbonyl (C=O) groups excluding carboxylic acids is 2. The summed E-state index contributed by atoms with van der Waals surface area (Å²) in [5.74, 6) is 0.309. The van der Waals surface area contributed by atoms with Crippen LogP contribution in [0.2, 0.25) is 0 Å². The summed E-state index contributed by atoms with van der Waals surface area (Å²) >= 11 is 0. The molecule has 5 atom stereocenters. The Bertz CT molecular complexity index is 1300. The molecule has 3 unspecified atom stereocenters. The first-order valence-electron chi connectivity index (χ1n) is 12.6. The SMILES string of the molecule is Cc1ccc2c(c1)CCC1C2CC[C@@]2(C)C1CC[C@@H]2OC(=O)COC(=O)c1cccc(S(N)(=O)=O)c1. The van der Waals surface area contributed by atoms with Gasteiger partial charge in [-0.15, -0.1) is 0 Å². The zero-order valence-electron chi connectivity index (χ0n) is 20.7. The fraction of sp³-hybridized carbons (Fsp3) is 0.500. The van der Waals surface area contributed by atoms with Crippen LogP contribution in [-0.2, 0) is 30.7 Å². The van der Waals surface area contributed by atoms with Gasteiger partial charge in [-0.3, -0.25) is 0 Å². The minimum atomic E-state index is -3.95. The number of ether oxygens (including phenoxy) is 2. The predicted octanol–water partition coefficient (Wildman–Crippen LogP) is 4.27. The van der Waals surface area contributed by atoms with Crippen LogP contribution in [0.3, 0.4) is 0 Å². The minimum absolute atomic E-state index is 0.00770. The van der Waals surface area contributed by atoms with Crippen molar-refractivity contribution in [3.05, 3.63) is 64.7 Å². The molecular weight excluding hydrogens is 478 g/mol. The second-order valence-corrected chi connectivity index (χ2v) is 12.4. The van der Waals surface area contributed by atoms with Crippen molar-refractivity contribution in [2.75, 3.05) is 6.61 Å². The average molecular weight is 512 g/mol. The number of hydrogen-bond acceptors (Lipinski definition) is 6. The highest BCUT2D eigenvalue weighted by molar-refractivity contribution is 7.89. The molecule has 0 radical (unpaired) electrons. The molecule has 3 aliphatic rings. The molecule has 0 bridgehead atoms. The first kappa shape index (κ1) is 25.0. The van der Waals surface area contributed by atoms with Crippen LogP contribution < -0.4 is 5.14 Å². The van der Waals surface area contributed by atoms with E-state index in [1.54, 1.807) is 0 Å². The molecule has 0 aliphatic heterocycles. The highest BCUT2D eigenvalue weighted by Gasteiger charge is 2.56. The Kier molecular flexibility index (Phi) is 6.45. The van der Waals surface area contributed by atoms with Crippen LogP contribution >= 0.6 is 0 Å². The Hall–Kier alpha value is -2.71. The van der Waals surface area contributed by atoms with Crippen molar-refractivity contribution in [2.24, 2.45) is 22.4 Å². The highest BCUT2D eigenvalue weighted by Crippen LogP contribution is 2.61. The van der Waals surface area contributed by atoms with Crippen LogP contribution in [0.5, 0.6) is 0 Å². The maximum absolute atomic E-state index is 12.6. The van der Waals surface area contributed by atoms with Gasteiger partial charge >= 0.3 is 11.9 Å². The number of aryl methyl sites for hydroxylation is 2. The van der Waals surface area contributed by atoms with Crippen molar-refractivity contribution >= 4 is 22.0 Å². The Balaban J connectivity index is 1.21. The molecule has 7 nitrogen and oxygen atoms in total. The normalized spacial score (nSPS) is 29.0. The lowest BCUT2D eigenvalue weighted by Crippen LogP contribution is -2.45. The van der Waals surface area contributed by atoms with Gasteiger partial charge in [-0.05, 0) is 92.5 Å². The number of esters is 2. The quantitative estimate of drug-likeness (QED) is 0.600. The zero-order chi connectivity index (χ0) is 25.7. The molecule has 2 saturated carbocycles. The van der Waals surface area contributed by atoms with Gasteiger partial charge in [0.15, 0.2) is 6.61 Å². The third-order valence-corrected chi connectivity index (χ3v) is 9.70. The predicted molar refractivity (Wildman–Crippen MR) is 134 cm³/mol. The highest BCUT2D eigenvalue weighted by atomic mass is 32.2. The van der Waals surface area contributed by atoms with Crippen molar-refractivity contribution in [3.8, 4) is 0 Å². The largest absolute Gasteiger partial charge is 0.459 e. The van der Waals surface area contributed by atoms with E-state index in [1.807, 2.05) is 0 Å². The van der Waals surface area contributed by atoms with E-state index in [0.29, 0.717) is 17.8 Å². The summed E-state index contributed by atoms with van der Waals surface area (Å²) in [4.78, 5) is 24.8. The van der Waals surface area contributed by atoms with Crippen molar-refractivity contribution in [1.29, 1.82) is 0 Å². The van der Waals surface area contributed by atoms with Crippen molar-refractivity contribution < 1.29 is 27.5 Å². The topological polar surface area (TPSA) is 113 Å². The fourth-order valence-electron chi connectivity index (χ4n) is 7.06. The van der Waals surface area contributed by atoms with Crippen LogP contribution in [0.1, 0.15) is 72.0 Å². The summed E-state index contributed by atoms with van der Waals surface area (Å²) in [5, 5.41) is 5.12. The molecule has 2 aromatic rings. The molecule has 8 heteroatoms. The van der Waals surface area contributed by atoms with Crippen molar-refractivity contribution in [1.82, 2.24) is 0 Å². The van der Waals surface area contributed by atoms with Gasteiger partial charge in [-0.2, -0.15) is 0 Å². The van der Waals surface area contributed by atoms with Gasteiger partial charge < -0.3 is 9.47 Å². The Labute approximate surface area is 212 Å². The van der Waals surface area contributed by atoms with Crippen molar-refractivity contribution in [3.63, 3.8) is 0 Å². The van der Waals surface area contributed by atoms with E-state index in [4.69, 9.17) is 14.6 Å². The number of nitrogens with two attached hydrogens (primary N) is 1. The fourth-order valence-corrected chi connectivity index (χ4v) is 7.62. The molecular formula is C28H33NO6S. The van der Waals surface area contributed by atoms with E-state index in [1.165, 1.54) is 41.3 Å². The number of benzene rings is 2. The van der Waals surface area contributed by atoms with Gasteiger partial charge in [0.05, 0.1) is 10.5 Å². The number of fused-ring (bicyclic) bond motifs is 5. The van der Waals surface area contributed by atoms with E-state index in [2.05, 4.69) is 32.0 Å². The van der Waals surface area contributed by atoms with Crippen LogP contribution in [0.15, 0.2) is 47.4 Å².